The van der Waals surface area contributed by atoms with E-state index in [0.717, 1.165) is 193 Å². The molecule has 0 radical (unpaired) electrons. The molecule has 0 aliphatic carbocycles. The molecular weight excluding hydrogens is 1240 g/mol. The van der Waals surface area contributed by atoms with Crippen molar-refractivity contribution in [2.24, 2.45) is 0 Å². The number of phosphoric acid groups is 2. The van der Waals surface area contributed by atoms with Crippen molar-refractivity contribution in [2.75, 3.05) is 39.6 Å². The number of unbranched alkanes of at least 4 members (excludes halogenated alkanes) is 17. The van der Waals surface area contributed by atoms with Gasteiger partial charge in [-0.15, -0.1) is 0 Å². The zero-order valence-electron chi connectivity index (χ0n) is 58.5. The number of allylic oxidation sites excluding steroid dienone is 26. The number of esters is 3. The van der Waals surface area contributed by atoms with Gasteiger partial charge in [0.15, 0.2) is 6.10 Å². The third-order valence-corrected chi connectivity index (χ3v) is 16.1. The maximum absolute atomic E-state index is 12.9. The molecule has 5 unspecified atom stereocenters. The molecule has 0 amide bonds. The first-order valence-corrected chi connectivity index (χ1v) is 38.8. The van der Waals surface area contributed by atoms with E-state index in [2.05, 4.69) is 179 Å². The summed E-state index contributed by atoms with van der Waals surface area (Å²) >= 11 is 0. The summed E-state index contributed by atoms with van der Waals surface area (Å²) in [4.78, 5) is 58.4. The third-order valence-electron chi connectivity index (χ3n) is 14.2. The lowest BCUT2D eigenvalue weighted by molar-refractivity contribution is -0.161. The van der Waals surface area contributed by atoms with Crippen LogP contribution in [0.3, 0.4) is 0 Å². The molecule has 0 saturated heterocycles. The fraction of sp³-hybridized carbons (Fsp3) is 0.623. The molecule has 540 valence electrons. The zero-order chi connectivity index (χ0) is 69.5. The number of hydrogen-bond acceptors (Lipinski definition) is 14. The second-order valence-electron chi connectivity index (χ2n) is 23.3. The van der Waals surface area contributed by atoms with Crippen LogP contribution in [0.4, 0.5) is 0 Å². The van der Waals surface area contributed by atoms with Gasteiger partial charge in [0.25, 0.3) is 0 Å². The van der Waals surface area contributed by atoms with Crippen molar-refractivity contribution in [1.82, 2.24) is 0 Å². The fourth-order valence-corrected chi connectivity index (χ4v) is 10.4. The van der Waals surface area contributed by atoms with Crippen molar-refractivity contribution in [3.63, 3.8) is 0 Å². The highest BCUT2D eigenvalue weighted by Gasteiger charge is 2.29. The van der Waals surface area contributed by atoms with E-state index in [1.54, 1.807) is 0 Å². The summed E-state index contributed by atoms with van der Waals surface area (Å²) in [5.74, 6) is -1.64. The molecule has 16 nitrogen and oxygen atoms in total. The molecule has 18 heteroatoms. The van der Waals surface area contributed by atoms with Crippen molar-refractivity contribution in [3.05, 3.63) is 158 Å². The highest BCUT2D eigenvalue weighted by molar-refractivity contribution is 7.47. The highest BCUT2D eigenvalue weighted by Crippen LogP contribution is 2.45. The van der Waals surface area contributed by atoms with Gasteiger partial charge in [-0.05, 0) is 141 Å². The molecule has 0 saturated carbocycles. The van der Waals surface area contributed by atoms with Crippen LogP contribution in [0.25, 0.3) is 0 Å². The van der Waals surface area contributed by atoms with Gasteiger partial charge in [0.05, 0.1) is 26.4 Å². The topological polar surface area (TPSA) is 231 Å². The fourth-order valence-electron chi connectivity index (χ4n) is 8.81. The second-order valence-corrected chi connectivity index (χ2v) is 26.2. The molecule has 0 spiro atoms. The number of aliphatic hydroxyl groups excluding tert-OH is 2. The maximum Gasteiger partial charge on any atom is 0.472 e. The highest BCUT2D eigenvalue weighted by atomic mass is 31.2. The van der Waals surface area contributed by atoms with Crippen molar-refractivity contribution >= 4 is 33.6 Å². The Morgan fingerprint density at radius 3 is 0.884 bits per heavy atom. The van der Waals surface area contributed by atoms with Gasteiger partial charge in [0.1, 0.15) is 25.4 Å². The zero-order valence-corrected chi connectivity index (χ0v) is 60.3. The average Bonchev–Trinajstić information content (AvgIpc) is 1.81. The Morgan fingerprint density at radius 1 is 0.305 bits per heavy atom. The predicted molar refractivity (Wildman–Crippen MR) is 389 cm³/mol. The Bertz CT molecular complexity index is 2360. The quantitative estimate of drug-likeness (QED) is 0.0146. The van der Waals surface area contributed by atoms with Crippen LogP contribution in [-0.2, 0) is 55.8 Å². The first kappa shape index (κ1) is 90.2. The van der Waals surface area contributed by atoms with Gasteiger partial charge in [-0.1, -0.05) is 249 Å². The normalized spacial score (nSPS) is 15.1. The van der Waals surface area contributed by atoms with E-state index in [1.165, 1.54) is 0 Å². The van der Waals surface area contributed by atoms with Crippen LogP contribution in [0.5, 0.6) is 0 Å². The minimum atomic E-state index is -4.94. The minimum Gasteiger partial charge on any atom is -0.463 e. The smallest absolute Gasteiger partial charge is 0.463 e. The van der Waals surface area contributed by atoms with E-state index in [1.807, 2.05) is 0 Å². The lowest BCUT2D eigenvalue weighted by Gasteiger charge is -2.21. The third kappa shape index (κ3) is 70.3. The first-order valence-electron chi connectivity index (χ1n) is 35.8. The van der Waals surface area contributed by atoms with Gasteiger partial charge in [-0.2, -0.15) is 0 Å². The van der Waals surface area contributed by atoms with E-state index in [9.17, 15) is 43.5 Å². The van der Waals surface area contributed by atoms with Crippen LogP contribution >= 0.6 is 15.6 Å². The number of aliphatic hydroxyl groups is 2. The summed E-state index contributed by atoms with van der Waals surface area (Å²) < 4.78 is 60.9. The monoisotopic (exact) mass is 1370 g/mol. The molecule has 0 aliphatic rings. The SMILES string of the molecule is CC/C=C\C/C=C\C/C=C\C/C=C\C/C=C\C/C=C\CCCCCCCCC(=O)OCC(O)COP(=O)(O)OCC(O)COP(=O)(O)OCC(COC(=O)CCCCCCC/C=C\C/C=C\C/C=C\C/C=C\C/C=C\CC)OC(=O)CCCCCCC/C=C\C/C=C\CCC. The molecule has 0 aliphatic heterocycles. The van der Waals surface area contributed by atoms with Gasteiger partial charge in [-0.3, -0.25) is 32.5 Å². The molecule has 0 aromatic rings. The molecule has 5 atom stereocenters. The number of carbonyl (C=O) groups excluding carboxylic acids is 3. The van der Waals surface area contributed by atoms with E-state index < -0.39 is 91.5 Å². The Morgan fingerprint density at radius 2 is 0.558 bits per heavy atom. The minimum absolute atomic E-state index is 0.0780. The Labute approximate surface area is 574 Å². The first-order chi connectivity index (χ1) is 46.2. The maximum atomic E-state index is 12.9. The number of phosphoric ester groups is 2. The summed E-state index contributed by atoms with van der Waals surface area (Å²) in [7, 11) is -9.80. The standard InChI is InChI=1S/C77H126O16P2/c1-4-7-10-13-16-19-22-25-27-29-31-33-34-35-36-38-40-41-43-46-48-51-54-57-60-63-75(80)87-66-72(78)67-89-94(83,84)90-68-73(79)69-91-95(85,86)92-71-74(93-77(82)65-62-59-56-53-50-45-24-21-18-15-12-9-6-3)70-88-76(81)64-61-58-55-52-49-47-44-42-39-37-32-30-28-26-23-20-17-14-11-8-5-2/h7-8,10-12,15-17,19-21,24-28,31-33,35-37,40-42,44,72-74,78-79H,4-6,9,13-14,18,22-23,29-30,34,38-39,43,45-71H2,1-3H3,(H,83,84)(H,85,86)/b10-7-,11-8-,15-12-,19-16-,20-17-,24-21-,27-25-,28-26-,33-31-,36-35-,37-32-,41-40-,44-42-. The summed E-state index contributed by atoms with van der Waals surface area (Å²) in [6.07, 6.45) is 84.3. The van der Waals surface area contributed by atoms with Crippen LogP contribution in [0.2, 0.25) is 0 Å². The molecule has 95 heavy (non-hydrogen) atoms. The van der Waals surface area contributed by atoms with Crippen LogP contribution < -0.4 is 0 Å². The van der Waals surface area contributed by atoms with Gasteiger partial charge in [0.2, 0.25) is 0 Å². The lowest BCUT2D eigenvalue weighted by Crippen LogP contribution is -2.30. The number of ether oxygens (including phenoxy) is 3. The van der Waals surface area contributed by atoms with Gasteiger partial charge < -0.3 is 34.2 Å². The largest absolute Gasteiger partial charge is 0.472 e. The molecule has 0 bridgehead atoms. The molecule has 0 rings (SSSR count). The van der Waals surface area contributed by atoms with Gasteiger partial charge >= 0.3 is 33.6 Å². The summed E-state index contributed by atoms with van der Waals surface area (Å²) in [6, 6.07) is 0. The summed E-state index contributed by atoms with van der Waals surface area (Å²) in [5.41, 5.74) is 0. The van der Waals surface area contributed by atoms with Crippen molar-refractivity contribution in [3.8, 4) is 0 Å². The summed E-state index contributed by atoms with van der Waals surface area (Å²) in [5, 5.41) is 20.6. The summed E-state index contributed by atoms with van der Waals surface area (Å²) in [6.45, 7) is 2.29. The Balaban J connectivity index is 4.63. The Kier molecular flexibility index (Phi) is 65.6. The van der Waals surface area contributed by atoms with E-state index in [-0.39, 0.29) is 19.3 Å². The Hall–Kier alpha value is -4.83. The van der Waals surface area contributed by atoms with E-state index >= 15 is 0 Å². The molecular formula is C77H126O16P2. The van der Waals surface area contributed by atoms with Crippen LogP contribution in [0.15, 0.2) is 158 Å². The van der Waals surface area contributed by atoms with Crippen LogP contribution in [0, 0.1) is 0 Å². The lowest BCUT2D eigenvalue weighted by atomic mass is 10.1. The molecule has 0 heterocycles. The molecule has 0 aromatic heterocycles. The average molecular weight is 1370 g/mol. The van der Waals surface area contributed by atoms with E-state index in [0.29, 0.717) is 19.3 Å². The van der Waals surface area contributed by atoms with Crippen LogP contribution in [0.1, 0.15) is 252 Å². The van der Waals surface area contributed by atoms with Gasteiger partial charge in [0, 0.05) is 19.3 Å². The second kappa shape index (κ2) is 69.1. The molecule has 0 fully saturated rings. The molecule has 0 aromatic carbocycles. The van der Waals surface area contributed by atoms with Crippen molar-refractivity contribution < 1.29 is 75.8 Å². The van der Waals surface area contributed by atoms with Crippen LogP contribution in [-0.4, -0.2) is 95.9 Å². The number of hydrogen-bond donors (Lipinski definition) is 4. The number of carbonyl (C=O) groups is 3. The van der Waals surface area contributed by atoms with Crippen molar-refractivity contribution in [2.45, 2.75) is 270 Å². The van der Waals surface area contributed by atoms with Gasteiger partial charge in [-0.25, -0.2) is 9.13 Å². The predicted octanol–water partition coefficient (Wildman–Crippen LogP) is 20.3. The van der Waals surface area contributed by atoms with E-state index in [4.69, 9.17) is 32.3 Å². The van der Waals surface area contributed by atoms with Crippen molar-refractivity contribution in [1.29, 1.82) is 0 Å². The number of rotatable bonds is 66. The molecule has 4 N–H and O–H groups in total.